The van der Waals surface area contributed by atoms with Crippen molar-refractivity contribution in [3.63, 3.8) is 0 Å². The minimum atomic E-state index is 0.663. The summed E-state index contributed by atoms with van der Waals surface area (Å²) in [5, 5.41) is 0.721. The van der Waals surface area contributed by atoms with Crippen molar-refractivity contribution in [2.45, 2.75) is 4.90 Å². The lowest BCUT2D eigenvalue weighted by Crippen LogP contribution is -1.99. The molecule has 0 atom stereocenters. The van der Waals surface area contributed by atoms with E-state index in [9.17, 15) is 0 Å². The van der Waals surface area contributed by atoms with Crippen LogP contribution in [0.15, 0.2) is 53.4 Å². The van der Waals surface area contributed by atoms with Crippen LogP contribution in [-0.2, 0) is 0 Å². The van der Waals surface area contributed by atoms with E-state index in [1.54, 1.807) is 11.8 Å². The first-order valence-corrected chi connectivity index (χ1v) is 6.97. The molecule has 0 saturated carbocycles. The number of thioether (sulfide) groups is 1. The fourth-order valence-electron chi connectivity index (χ4n) is 1.41. The molecular formula is C14H14ClNOS. The maximum absolute atomic E-state index is 5.80. The molecule has 4 heteroatoms. The first kappa shape index (κ1) is 13.1. The fraction of sp³-hybridized carbons (Fsp3) is 0.143. The zero-order chi connectivity index (χ0) is 12.8. The van der Waals surface area contributed by atoms with E-state index >= 15 is 0 Å². The lowest BCUT2D eigenvalue weighted by molar-refractivity contribution is 0.344. The second kappa shape index (κ2) is 6.57. The van der Waals surface area contributed by atoms with Gasteiger partial charge in [0.05, 0.1) is 6.61 Å². The highest BCUT2D eigenvalue weighted by molar-refractivity contribution is 7.99. The number of hydrogen-bond donors (Lipinski definition) is 1. The van der Waals surface area contributed by atoms with E-state index in [-0.39, 0.29) is 0 Å². The molecule has 0 heterocycles. The molecule has 0 aromatic heterocycles. The number of nitrogens with two attached hydrogens (primary N) is 1. The van der Waals surface area contributed by atoms with Crippen LogP contribution >= 0.6 is 23.4 Å². The molecule has 2 N–H and O–H groups in total. The van der Waals surface area contributed by atoms with Gasteiger partial charge in [0, 0.05) is 21.4 Å². The van der Waals surface area contributed by atoms with Gasteiger partial charge >= 0.3 is 0 Å². The Morgan fingerprint density at radius 3 is 2.33 bits per heavy atom. The molecule has 0 aliphatic rings. The Bertz CT molecular complexity index is 437. The van der Waals surface area contributed by atoms with E-state index in [4.69, 9.17) is 22.1 Å². The first-order valence-electron chi connectivity index (χ1n) is 5.61. The van der Waals surface area contributed by atoms with Crippen LogP contribution in [0.4, 0.5) is 5.69 Å². The molecule has 0 unspecified atom stereocenters. The Kier molecular flexibility index (Phi) is 4.79. The molecule has 0 aliphatic heterocycles. The summed E-state index contributed by atoms with van der Waals surface area (Å²) in [7, 11) is 0. The van der Waals surface area contributed by atoms with E-state index in [0.29, 0.717) is 6.61 Å². The number of nitrogen functional groups attached to an aromatic ring is 1. The predicted octanol–water partition coefficient (Wildman–Crippen LogP) is 4.09. The summed E-state index contributed by atoms with van der Waals surface area (Å²) >= 11 is 7.54. The van der Waals surface area contributed by atoms with Crippen molar-refractivity contribution < 1.29 is 4.74 Å². The summed E-state index contributed by atoms with van der Waals surface area (Å²) in [6.07, 6.45) is 0. The van der Waals surface area contributed by atoms with E-state index in [1.807, 2.05) is 48.5 Å². The van der Waals surface area contributed by atoms with Crippen molar-refractivity contribution >= 4 is 29.1 Å². The number of ether oxygens (including phenoxy) is 1. The van der Waals surface area contributed by atoms with E-state index < -0.39 is 0 Å². The van der Waals surface area contributed by atoms with Crippen LogP contribution in [0.2, 0.25) is 5.02 Å². The van der Waals surface area contributed by atoms with Gasteiger partial charge in [0.25, 0.3) is 0 Å². The van der Waals surface area contributed by atoms with Crippen LogP contribution in [0, 0.1) is 0 Å². The topological polar surface area (TPSA) is 35.2 Å². The summed E-state index contributed by atoms with van der Waals surface area (Å²) in [6.45, 7) is 0.663. The van der Waals surface area contributed by atoms with Crippen molar-refractivity contribution in [2.24, 2.45) is 0 Å². The quantitative estimate of drug-likeness (QED) is 0.509. The minimum Gasteiger partial charge on any atom is -0.493 e. The Balaban J connectivity index is 1.73. The SMILES string of the molecule is Nc1ccc(SCCOc2ccc(Cl)cc2)cc1. The molecule has 94 valence electrons. The maximum atomic E-state index is 5.80. The monoisotopic (exact) mass is 279 g/mol. The molecule has 0 spiro atoms. The highest BCUT2D eigenvalue weighted by Gasteiger charge is 1.96. The number of benzene rings is 2. The number of rotatable bonds is 5. The van der Waals surface area contributed by atoms with Crippen LogP contribution in [0.25, 0.3) is 0 Å². The smallest absolute Gasteiger partial charge is 0.119 e. The Morgan fingerprint density at radius 2 is 1.67 bits per heavy atom. The molecule has 0 fully saturated rings. The average Bonchev–Trinajstić information content (AvgIpc) is 2.39. The van der Waals surface area contributed by atoms with Gasteiger partial charge in [0.1, 0.15) is 5.75 Å². The van der Waals surface area contributed by atoms with Gasteiger partial charge in [-0.1, -0.05) is 11.6 Å². The Morgan fingerprint density at radius 1 is 1.00 bits per heavy atom. The van der Waals surface area contributed by atoms with E-state index in [1.165, 1.54) is 4.90 Å². The standard InChI is InChI=1S/C14H14ClNOS/c15-11-1-5-13(6-2-11)17-9-10-18-14-7-3-12(16)4-8-14/h1-8H,9-10,16H2. The summed E-state index contributed by atoms with van der Waals surface area (Å²) in [4.78, 5) is 1.20. The molecule has 0 saturated heterocycles. The van der Waals surface area contributed by atoms with Gasteiger partial charge in [0.15, 0.2) is 0 Å². The molecule has 0 bridgehead atoms. The lowest BCUT2D eigenvalue weighted by atomic mass is 10.3. The third kappa shape index (κ3) is 4.17. The Hall–Kier alpha value is -1.32. The van der Waals surface area contributed by atoms with Gasteiger partial charge in [-0.25, -0.2) is 0 Å². The highest BCUT2D eigenvalue weighted by Crippen LogP contribution is 2.20. The minimum absolute atomic E-state index is 0.663. The zero-order valence-corrected chi connectivity index (χ0v) is 11.4. The van der Waals surface area contributed by atoms with Gasteiger partial charge in [-0.15, -0.1) is 11.8 Å². The van der Waals surface area contributed by atoms with Gasteiger partial charge in [-0.05, 0) is 48.5 Å². The summed E-state index contributed by atoms with van der Waals surface area (Å²) < 4.78 is 5.60. The highest BCUT2D eigenvalue weighted by atomic mass is 35.5. The van der Waals surface area contributed by atoms with Gasteiger partial charge in [-0.2, -0.15) is 0 Å². The second-order valence-corrected chi connectivity index (χ2v) is 5.32. The van der Waals surface area contributed by atoms with Crippen LogP contribution < -0.4 is 10.5 Å². The average molecular weight is 280 g/mol. The van der Waals surface area contributed by atoms with Crippen LogP contribution in [-0.4, -0.2) is 12.4 Å². The summed E-state index contributed by atoms with van der Waals surface area (Å²) in [6, 6.07) is 15.2. The molecular weight excluding hydrogens is 266 g/mol. The zero-order valence-electron chi connectivity index (χ0n) is 9.80. The molecule has 0 aliphatic carbocycles. The predicted molar refractivity (Wildman–Crippen MR) is 78.5 cm³/mol. The van der Waals surface area contributed by atoms with Gasteiger partial charge in [-0.3, -0.25) is 0 Å². The molecule has 18 heavy (non-hydrogen) atoms. The van der Waals surface area contributed by atoms with E-state index in [2.05, 4.69) is 0 Å². The lowest BCUT2D eigenvalue weighted by Gasteiger charge is -2.06. The fourth-order valence-corrected chi connectivity index (χ4v) is 2.27. The van der Waals surface area contributed by atoms with Crippen LogP contribution in [0.5, 0.6) is 5.75 Å². The Labute approximate surface area is 116 Å². The van der Waals surface area contributed by atoms with Crippen molar-refractivity contribution in [3.8, 4) is 5.75 Å². The molecule has 2 aromatic rings. The summed E-state index contributed by atoms with van der Waals surface area (Å²) in [5.41, 5.74) is 6.41. The van der Waals surface area contributed by atoms with Crippen molar-refractivity contribution in [1.29, 1.82) is 0 Å². The number of halogens is 1. The largest absolute Gasteiger partial charge is 0.493 e. The van der Waals surface area contributed by atoms with Crippen LogP contribution in [0.1, 0.15) is 0 Å². The normalized spacial score (nSPS) is 10.3. The van der Waals surface area contributed by atoms with Crippen molar-refractivity contribution in [1.82, 2.24) is 0 Å². The van der Waals surface area contributed by atoms with Gasteiger partial charge < -0.3 is 10.5 Å². The maximum Gasteiger partial charge on any atom is 0.119 e. The molecule has 2 rings (SSSR count). The van der Waals surface area contributed by atoms with E-state index in [0.717, 1.165) is 22.2 Å². The molecule has 2 nitrogen and oxygen atoms in total. The number of anilines is 1. The van der Waals surface area contributed by atoms with Crippen molar-refractivity contribution in [2.75, 3.05) is 18.1 Å². The third-order valence-electron chi connectivity index (χ3n) is 2.31. The summed E-state index contributed by atoms with van der Waals surface area (Å²) in [5.74, 6) is 1.74. The molecule has 2 aromatic carbocycles. The van der Waals surface area contributed by atoms with Gasteiger partial charge in [0.2, 0.25) is 0 Å². The second-order valence-electron chi connectivity index (χ2n) is 3.72. The first-order chi connectivity index (χ1) is 8.74. The molecule has 0 amide bonds. The number of hydrogen-bond acceptors (Lipinski definition) is 3. The third-order valence-corrected chi connectivity index (χ3v) is 3.54. The molecule has 0 radical (unpaired) electrons. The van der Waals surface area contributed by atoms with Crippen molar-refractivity contribution in [3.05, 3.63) is 53.6 Å². The van der Waals surface area contributed by atoms with Crippen LogP contribution in [0.3, 0.4) is 0 Å².